The minimum atomic E-state index is 0.579. The summed E-state index contributed by atoms with van der Waals surface area (Å²) in [5.74, 6) is 5.23. The van der Waals surface area contributed by atoms with Gasteiger partial charge in [-0.2, -0.15) is 0 Å². The van der Waals surface area contributed by atoms with E-state index in [4.69, 9.17) is 0 Å². The molecule has 8 atom stereocenters. The normalized spacial score (nSPS) is 58.3. The quantitative estimate of drug-likeness (QED) is 0.414. The Balaban J connectivity index is 1.53. The van der Waals surface area contributed by atoms with Crippen LogP contribution in [0.2, 0.25) is 0 Å². The Morgan fingerprint density at radius 2 is 1.35 bits per heavy atom. The molecule has 0 bridgehead atoms. The first-order chi connectivity index (χ1) is 12.2. The molecule has 0 saturated heterocycles. The Morgan fingerprint density at radius 3 is 2.15 bits per heavy atom. The molecule has 0 amide bonds. The highest BCUT2D eigenvalue weighted by molar-refractivity contribution is 5.16. The summed E-state index contributed by atoms with van der Waals surface area (Å²) in [5.41, 5.74) is 2.45. The molecule has 0 N–H and O–H groups in total. The molecule has 0 spiro atoms. The van der Waals surface area contributed by atoms with Crippen molar-refractivity contribution in [1.82, 2.24) is 0 Å². The van der Waals surface area contributed by atoms with Crippen LogP contribution in [-0.2, 0) is 0 Å². The van der Waals surface area contributed by atoms with Gasteiger partial charge in [0.2, 0.25) is 0 Å². The number of hydrogen-bond donors (Lipinski definition) is 0. The summed E-state index contributed by atoms with van der Waals surface area (Å²) in [7, 11) is 0. The van der Waals surface area contributed by atoms with Crippen LogP contribution in [0.1, 0.15) is 112 Å². The van der Waals surface area contributed by atoms with E-state index < -0.39 is 0 Å². The van der Waals surface area contributed by atoms with Gasteiger partial charge in [-0.05, 0) is 109 Å². The fourth-order valence-corrected chi connectivity index (χ4v) is 10.7. The van der Waals surface area contributed by atoms with Crippen molar-refractivity contribution in [3.63, 3.8) is 0 Å². The van der Waals surface area contributed by atoms with Crippen molar-refractivity contribution in [2.75, 3.05) is 0 Å². The first-order valence-electron chi connectivity index (χ1n) is 12.2. The van der Waals surface area contributed by atoms with Gasteiger partial charge in [0.15, 0.2) is 0 Å². The van der Waals surface area contributed by atoms with E-state index in [1.54, 1.807) is 38.5 Å². The lowest BCUT2D eigenvalue weighted by molar-refractivity contribution is -0.226. The molecule has 0 heteroatoms. The zero-order valence-corrected chi connectivity index (χ0v) is 18.4. The van der Waals surface area contributed by atoms with E-state index in [1.165, 1.54) is 38.5 Å². The molecule has 0 aliphatic heterocycles. The zero-order valence-electron chi connectivity index (χ0n) is 18.4. The van der Waals surface area contributed by atoms with Gasteiger partial charge in [-0.25, -0.2) is 0 Å². The van der Waals surface area contributed by atoms with Gasteiger partial charge in [0.1, 0.15) is 0 Å². The van der Waals surface area contributed by atoms with Gasteiger partial charge in [0, 0.05) is 0 Å². The highest BCUT2D eigenvalue weighted by Crippen LogP contribution is 2.75. The van der Waals surface area contributed by atoms with E-state index in [0.717, 1.165) is 29.6 Å². The first kappa shape index (κ1) is 18.1. The van der Waals surface area contributed by atoms with E-state index in [9.17, 15) is 0 Å². The summed E-state index contributed by atoms with van der Waals surface area (Å²) in [6.45, 7) is 13.5. The minimum absolute atomic E-state index is 0.579. The predicted octanol–water partition coefficient (Wildman–Crippen LogP) is 7.86. The second kappa shape index (κ2) is 5.54. The number of fused-ring (bicyclic) bond motifs is 7. The Hall–Kier alpha value is 0. The van der Waals surface area contributed by atoms with Gasteiger partial charge in [0.05, 0.1) is 0 Å². The molecule has 5 rings (SSSR count). The second-order valence-electron chi connectivity index (χ2n) is 12.9. The standard InChI is InChI=1S/C26H44/c1-23(2)14-7-15-24(3)21(23)13-17-26(5)22(24)11-10-20-19-9-6-8-18(19)12-16-25(20,26)4/h18-22H,6-17H2,1-5H3. The van der Waals surface area contributed by atoms with Crippen LogP contribution < -0.4 is 0 Å². The van der Waals surface area contributed by atoms with Crippen molar-refractivity contribution in [3.05, 3.63) is 0 Å². The van der Waals surface area contributed by atoms with Crippen LogP contribution in [0.15, 0.2) is 0 Å². The Bertz CT molecular complexity index is 575. The van der Waals surface area contributed by atoms with Crippen LogP contribution in [0.3, 0.4) is 0 Å². The molecule has 0 aromatic heterocycles. The van der Waals surface area contributed by atoms with Crippen LogP contribution in [0.4, 0.5) is 0 Å². The van der Waals surface area contributed by atoms with Crippen LogP contribution in [-0.4, -0.2) is 0 Å². The summed E-state index contributed by atoms with van der Waals surface area (Å²) < 4.78 is 0. The van der Waals surface area contributed by atoms with Crippen molar-refractivity contribution in [3.8, 4) is 0 Å². The highest BCUT2D eigenvalue weighted by atomic mass is 14.7. The van der Waals surface area contributed by atoms with Gasteiger partial charge in [-0.3, -0.25) is 0 Å². The third-order valence-electron chi connectivity index (χ3n) is 12.0. The van der Waals surface area contributed by atoms with Crippen LogP contribution in [0.5, 0.6) is 0 Å². The van der Waals surface area contributed by atoms with Gasteiger partial charge in [-0.15, -0.1) is 0 Å². The van der Waals surface area contributed by atoms with E-state index in [2.05, 4.69) is 34.6 Å². The zero-order chi connectivity index (χ0) is 18.4. The molecule has 26 heavy (non-hydrogen) atoms. The summed E-state index contributed by atoms with van der Waals surface area (Å²) >= 11 is 0. The highest BCUT2D eigenvalue weighted by Gasteiger charge is 2.67. The van der Waals surface area contributed by atoms with Crippen molar-refractivity contribution in [2.24, 2.45) is 51.2 Å². The average molecular weight is 357 g/mol. The molecule has 0 aromatic rings. The van der Waals surface area contributed by atoms with Crippen molar-refractivity contribution < 1.29 is 0 Å². The number of hydrogen-bond acceptors (Lipinski definition) is 0. The third-order valence-corrected chi connectivity index (χ3v) is 12.0. The van der Waals surface area contributed by atoms with Crippen molar-refractivity contribution in [2.45, 2.75) is 112 Å². The molecule has 8 unspecified atom stereocenters. The Kier molecular flexibility index (Phi) is 3.84. The fraction of sp³-hybridized carbons (Fsp3) is 1.00. The molecule has 0 nitrogen and oxygen atoms in total. The largest absolute Gasteiger partial charge is 0.0596 e. The topological polar surface area (TPSA) is 0 Å². The molecule has 5 fully saturated rings. The molecular formula is C26H44. The Morgan fingerprint density at radius 1 is 0.577 bits per heavy atom. The third kappa shape index (κ3) is 2.09. The summed E-state index contributed by atoms with van der Waals surface area (Å²) in [4.78, 5) is 0. The maximum absolute atomic E-state index is 2.79. The minimum Gasteiger partial charge on any atom is -0.0596 e. The van der Waals surface area contributed by atoms with Gasteiger partial charge in [0.25, 0.3) is 0 Å². The van der Waals surface area contributed by atoms with Crippen molar-refractivity contribution in [1.29, 1.82) is 0 Å². The van der Waals surface area contributed by atoms with Gasteiger partial charge in [-0.1, -0.05) is 53.9 Å². The van der Waals surface area contributed by atoms with Crippen molar-refractivity contribution >= 4 is 0 Å². The molecule has 148 valence electrons. The lowest BCUT2D eigenvalue weighted by Gasteiger charge is -2.71. The number of rotatable bonds is 0. The van der Waals surface area contributed by atoms with E-state index in [-0.39, 0.29) is 0 Å². The monoisotopic (exact) mass is 356 g/mol. The van der Waals surface area contributed by atoms with Gasteiger partial charge >= 0.3 is 0 Å². The van der Waals surface area contributed by atoms with E-state index in [0.29, 0.717) is 21.7 Å². The Labute approximate surface area is 163 Å². The molecule has 5 aliphatic rings. The van der Waals surface area contributed by atoms with E-state index in [1.807, 2.05) is 0 Å². The summed E-state index contributed by atoms with van der Waals surface area (Å²) in [6, 6.07) is 0. The molecular weight excluding hydrogens is 312 g/mol. The smallest absolute Gasteiger partial charge is 0.0235 e. The summed E-state index contributed by atoms with van der Waals surface area (Å²) in [5, 5.41) is 0. The second-order valence-corrected chi connectivity index (χ2v) is 12.9. The fourth-order valence-electron chi connectivity index (χ4n) is 10.7. The van der Waals surface area contributed by atoms with Crippen LogP contribution >= 0.6 is 0 Å². The molecule has 0 heterocycles. The lowest BCUT2D eigenvalue weighted by atomic mass is 9.33. The molecule has 5 saturated carbocycles. The first-order valence-corrected chi connectivity index (χ1v) is 12.2. The molecule has 0 radical (unpaired) electrons. The predicted molar refractivity (Wildman–Crippen MR) is 111 cm³/mol. The molecule has 0 aromatic carbocycles. The van der Waals surface area contributed by atoms with Crippen LogP contribution in [0.25, 0.3) is 0 Å². The molecule has 5 aliphatic carbocycles. The van der Waals surface area contributed by atoms with Gasteiger partial charge < -0.3 is 0 Å². The van der Waals surface area contributed by atoms with Crippen LogP contribution in [0, 0.1) is 51.2 Å². The maximum atomic E-state index is 2.79. The SMILES string of the molecule is CC1(C)CCCC2(C)C1CCC1(C)C2CCC2C3CCCC3CCC21C. The lowest BCUT2D eigenvalue weighted by Crippen LogP contribution is -2.64. The van der Waals surface area contributed by atoms with E-state index >= 15 is 0 Å². The average Bonchev–Trinajstić information content (AvgIpc) is 3.03. The maximum Gasteiger partial charge on any atom is -0.0235 e. The summed E-state index contributed by atoms with van der Waals surface area (Å²) in [6.07, 6.45) is 18.4.